The van der Waals surface area contributed by atoms with E-state index < -0.39 is 0 Å². The maximum Gasteiger partial charge on any atom is 0.0164 e. The van der Waals surface area contributed by atoms with Crippen LogP contribution in [-0.4, -0.2) is 51.4 Å². The third kappa shape index (κ3) is 5.54. The molecule has 0 amide bonds. The van der Waals surface area contributed by atoms with E-state index in [1.165, 1.54) is 0 Å². The van der Waals surface area contributed by atoms with Gasteiger partial charge in [-0.25, -0.2) is 0 Å². The van der Waals surface area contributed by atoms with Crippen LogP contribution in [0.1, 0.15) is 13.8 Å². The van der Waals surface area contributed by atoms with Crippen molar-refractivity contribution in [3.63, 3.8) is 0 Å². The Morgan fingerprint density at radius 1 is 0.714 bits per heavy atom. The zero-order valence-corrected chi connectivity index (χ0v) is 9.40. The Bertz CT molecular complexity index is 126. The largest absolute Gasteiger partial charge is 0.314 e. The first-order chi connectivity index (χ1) is 6.79. The van der Waals surface area contributed by atoms with Crippen LogP contribution in [0.4, 0.5) is 0 Å². The Hall–Kier alpha value is -0.160. The van der Waals surface area contributed by atoms with E-state index in [-0.39, 0.29) is 0 Å². The minimum Gasteiger partial charge on any atom is -0.314 e. The molecule has 0 aromatic rings. The molecule has 1 saturated heterocycles. The fourth-order valence-corrected chi connectivity index (χ4v) is 1.60. The van der Waals surface area contributed by atoms with E-state index in [9.17, 15) is 0 Å². The summed E-state index contributed by atoms with van der Waals surface area (Å²) in [7, 11) is 0. The summed E-state index contributed by atoms with van der Waals surface area (Å²) in [4.78, 5) is 0. The van der Waals surface area contributed by atoms with Crippen LogP contribution in [0, 0.1) is 0 Å². The van der Waals surface area contributed by atoms with Crippen LogP contribution in [0.5, 0.6) is 0 Å². The minimum absolute atomic E-state index is 0.559. The van der Waals surface area contributed by atoms with Crippen LogP contribution in [0.15, 0.2) is 0 Å². The molecule has 0 saturated carbocycles. The highest BCUT2D eigenvalue weighted by atomic mass is 15.0. The lowest BCUT2D eigenvalue weighted by Gasteiger charge is -2.20. The molecule has 2 unspecified atom stereocenters. The molecule has 0 bridgehead atoms. The molecule has 1 aliphatic heterocycles. The maximum absolute atomic E-state index is 3.47. The van der Waals surface area contributed by atoms with Gasteiger partial charge in [-0.3, -0.25) is 0 Å². The zero-order valence-electron chi connectivity index (χ0n) is 9.40. The average molecular weight is 200 g/mol. The quantitative estimate of drug-likeness (QED) is 0.411. The van der Waals surface area contributed by atoms with Gasteiger partial charge < -0.3 is 21.3 Å². The van der Waals surface area contributed by atoms with Crippen molar-refractivity contribution in [3.8, 4) is 0 Å². The molecule has 0 aromatic carbocycles. The van der Waals surface area contributed by atoms with Crippen molar-refractivity contribution in [3.05, 3.63) is 0 Å². The number of hydrogen-bond acceptors (Lipinski definition) is 4. The van der Waals surface area contributed by atoms with Crippen LogP contribution < -0.4 is 21.3 Å². The van der Waals surface area contributed by atoms with Crippen molar-refractivity contribution in [1.29, 1.82) is 0 Å². The minimum atomic E-state index is 0.559. The maximum atomic E-state index is 3.47. The second-order valence-electron chi connectivity index (χ2n) is 4.12. The molecule has 0 spiro atoms. The van der Waals surface area contributed by atoms with Crippen molar-refractivity contribution in [1.82, 2.24) is 21.3 Å². The summed E-state index contributed by atoms with van der Waals surface area (Å²) in [6.07, 6.45) is 0. The Kier molecular flexibility index (Phi) is 6.10. The lowest BCUT2D eigenvalue weighted by atomic mass is 10.3. The van der Waals surface area contributed by atoms with E-state index in [0.29, 0.717) is 12.1 Å². The standard InChI is InChI=1S/C10H24N4/c1-9-7-12-8-10(2)14-6-4-11-3-5-13-9/h9-14H,3-8H2,1-2H3. The van der Waals surface area contributed by atoms with Gasteiger partial charge in [-0.05, 0) is 13.8 Å². The first kappa shape index (κ1) is 11.9. The third-order valence-corrected chi connectivity index (χ3v) is 2.49. The first-order valence-corrected chi connectivity index (χ1v) is 5.67. The topological polar surface area (TPSA) is 48.1 Å². The number of hydrogen-bond donors (Lipinski definition) is 4. The second-order valence-corrected chi connectivity index (χ2v) is 4.12. The molecule has 0 aliphatic carbocycles. The van der Waals surface area contributed by atoms with Gasteiger partial charge in [-0.15, -0.1) is 0 Å². The molecule has 14 heavy (non-hydrogen) atoms. The van der Waals surface area contributed by atoms with Crippen molar-refractivity contribution in [2.24, 2.45) is 0 Å². The number of nitrogens with one attached hydrogen (secondary N) is 4. The Labute approximate surface area is 87.2 Å². The average Bonchev–Trinajstić information content (AvgIpc) is 2.14. The predicted octanol–water partition coefficient (Wildman–Crippen LogP) is -0.865. The molecular weight excluding hydrogens is 176 g/mol. The highest BCUT2D eigenvalue weighted by Crippen LogP contribution is 1.82. The Morgan fingerprint density at radius 3 is 1.71 bits per heavy atom. The normalized spacial score (nSPS) is 33.0. The van der Waals surface area contributed by atoms with Gasteiger partial charge in [0.2, 0.25) is 0 Å². The summed E-state index contributed by atoms with van der Waals surface area (Å²) in [6, 6.07) is 1.12. The molecule has 1 heterocycles. The summed E-state index contributed by atoms with van der Waals surface area (Å²) >= 11 is 0. The van der Waals surface area contributed by atoms with Crippen molar-refractivity contribution < 1.29 is 0 Å². The Balaban J connectivity index is 2.21. The van der Waals surface area contributed by atoms with Gasteiger partial charge in [-0.1, -0.05) is 0 Å². The molecule has 4 nitrogen and oxygen atoms in total. The van der Waals surface area contributed by atoms with Gasteiger partial charge in [0.25, 0.3) is 0 Å². The Morgan fingerprint density at radius 2 is 1.21 bits per heavy atom. The fraction of sp³-hybridized carbons (Fsp3) is 1.00. The molecule has 84 valence electrons. The molecule has 4 N–H and O–H groups in total. The van der Waals surface area contributed by atoms with Gasteiger partial charge in [-0.2, -0.15) is 0 Å². The van der Waals surface area contributed by atoms with E-state index in [2.05, 4.69) is 35.1 Å². The van der Waals surface area contributed by atoms with Crippen molar-refractivity contribution in [2.45, 2.75) is 25.9 Å². The highest BCUT2D eigenvalue weighted by molar-refractivity contribution is 4.70. The molecule has 0 radical (unpaired) electrons. The van der Waals surface area contributed by atoms with Crippen LogP contribution in [0.25, 0.3) is 0 Å². The lowest BCUT2D eigenvalue weighted by Crippen LogP contribution is -2.46. The molecule has 1 rings (SSSR count). The number of rotatable bonds is 0. The molecule has 1 aliphatic rings. The van der Waals surface area contributed by atoms with E-state index in [1.807, 2.05) is 0 Å². The smallest absolute Gasteiger partial charge is 0.0164 e. The lowest BCUT2D eigenvalue weighted by molar-refractivity contribution is 0.438. The molecule has 1 fully saturated rings. The van der Waals surface area contributed by atoms with E-state index >= 15 is 0 Å². The summed E-state index contributed by atoms with van der Waals surface area (Å²) in [5, 5.41) is 13.8. The van der Waals surface area contributed by atoms with Crippen LogP contribution in [0.2, 0.25) is 0 Å². The monoisotopic (exact) mass is 200 g/mol. The van der Waals surface area contributed by atoms with Gasteiger partial charge in [0.05, 0.1) is 0 Å². The SMILES string of the molecule is CC1CNCC(C)NCCNCCN1. The van der Waals surface area contributed by atoms with Gasteiger partial charge in [0, 0.05) is 51.4 Å². The van der Waals surface area contributed by atoms with Crippen molar-refractivity contribution in [2.75, 3.05) is 39.3 Å². The van der Waals surface area contributed by atoms with Crippen molar-refractivity contribution >= 4 is 0 Å². The molecule has 0 aromatic heterocycles. The molecular formula is C10H24N4. The molecule has 4 heteroatoms. The van der Waals surface area contributed by atoms with Crippen LogP contribution in [0.3, 0.4) is 0 Å². The van der Waals surface area contributed by atoms with Gasteiger partial charge >= 0.3 is 0 Å². The van der Waals surface area contributed by atoms with E-state index in [1.54, 1.807) is 0 Å². The summed E-state index contributed by atoms with van der Waals surface area (Å²) in [5.74, 6) is 0. The summed E-state index contributed by atoms with van der Waals surface area (Å²) < 4.78 is 0. The zero-order chi connectivity index (χ0) is 10.2. The summed E-state index contributed by atoms with van der Waals surface area (Å²) in [5.41, 5.74) is 0. The van der Waals surface area contributed by atoms with Crippen LogP contribution >= 0.6 is 0 Å². The van der Waals surface area contributed by atoms with Gasteiger partial charge in [0.1, 0.15) is 0 Å². The predicted molar refractivity (Wildman–Crippen MR) is 60.7 cm³/mol. The highest BCUT2D eigenvalue weighted by Gasteiger charge is 2.04. The third-order valence-electron chi connectivity index (χ3n) is 2.49. The van der Waals surface area contributed by atoms with E-state index in [4.69, 9.17) is 0 Å². The fourth-order valence-electron chi connectivity index (χ4n) is 1.60. The first-order valence-electron chi connectivity index (χ1n) is 5.67. The van der Waals surface area contributed by atoms with Gasteiger partial charge in [0.15, 0.2) is 0 Å². The van der Waals surface area contributed by atoms with E-state index in [0.717, 1.165) is 39.3 Å². The second kappa shape index (κ2) is 7.17. The summed E-state index contributed by atoms with van der Waals surface area (Å²) in [6.45, 7) is 10.8. The molecule has 2 atom stereocenters. The van der Waals surface area contributed by atoms with Crippen LogP contribution in [-0.2, 0) is 0 Å².